The van der Waals surface area contributed by atoms with Crippen molar-refractivity contribution in [3.63, 3.8) is 0 Å². The van der Waals surface area contributed by atoms with Crippen LogP contribution in [-0.2, 0) is 25.7 Å². The Labute approximate surface area is 129 Å². The Bertz CT molecular complexity index is 773. The van der Waals surface area contributed by atoms with Crippen LogP contribution in [0.3, 0.4) is 0 Å². The Balaban J connectivity index is 1.86. The highest BCUT2D eigenvalue weighted by molar-refractivity contribution is 5.25. The largest absolute Gasteiger partial charge is 0.449 e. The third-order valence-corrected chi connectivity index (χ3v) is 4.08. The van der Waals surface area contributed by atoms with Crippen LogP contribution in [-0.4, -0.2) is 31.6 Å². The first kappa shape index (κ1) is 15.7. The van der Waals surface area contributed by atoms with Gasteiger partial charge in [-0.1, -0.05) is 0 Å². The summed E-state index contributed by atoms with van der Waals surface area (Å²) in [5.74, 6) is -1.23. The van der Waals surface area contributed by atoms with Crippen molar-refractivity contribution in [2.75, 3.05) is 6.54 Å². The van der Waals surface area contributed by atoms with E-state index in [1.807, 2.05) is 23.7 Å². The van der Waals surface area contributed by atoms with Crippen LogP contribution in [0.2, 0.25) is 0 Å². The highest BCUT2D eigenvalue weighted by Crippen LogP contribution is 2.27. The van der Waals surface area contributed by atoms with E-state index in [-0.39, 0.29) is 12.2 Å². The van der Waals surface area contributed by atoms with Gasteiger partial charge in [-0.15, -0.1) is 0 Å². The van der Waals surface area contributed by atoms with Crippen LogP contribution in [0.25, 0.3) is 0 Å². The summed E-state index contributed by atoms with van der Waals surface area (Å²) < 4.78 is 38.1. The van der Waals surface area contributed by atoms with Crippen LogP contribution in [0.15, 0.2) is 4.79 Å². The predicted molar refractivity (Wildman–Crippen MR) is 75.7 cm³/mol. The van der Waals surface area contributed by atoms with Crippen molar-refractivity contribution in [1.82, 2.24) is 25.1 Å². The molecule has 0 bridgehead atoms. The van der Waals surface area contributed by atoms with Gasteiger partial charge in [0.2, 0.25) is 5.82 Å². The molecule has 6 nitrogen and oxygen atoms in total. The van der Waals surface area contributed by atoms with Crippen LogP contribution >= 0.6 is 0 Å². The van der Waals surface area contributed by atoms with Gasteiger partial charge in [0.05, 0.1) is 17.0 Å². The van der Waals surface area contributed by atoms with Gasteiger partial charge < -0.3 is 4.98 Å². The number of nitrogens with one attached hydrogen (secondary N) is 2. The number of hydrogen-bond donors (Lipinski definition) is 2. The lowest BCUT2D eigenvalue weighted by molar-refractivity contribution is -0.145. The topological polar surface area (TPSA) is 77.7 Å². The van der Waals surface area contributed by atoms with Crippen LogP contribution in [0, 0.1) is 13.8 Å². The van der Waals surface area contributed by atoms with Crippen molar-refractivity contribution in [1.29, 1.82) is 0 Å². The quantitative estimate of drug-likeness (QED) is 0.880. The SMILES string of the molecule is Cc1n[nH]c(C)c1CN1CCc2nc(C(F)(F)F)[nH]c(=O)c2C1. The molecule has 0 saturated heterocycles. The maximum Gasteiger partial charge on any atom is 0.449 e. The zero-order valence-corrected chi connectivity index (χ0v) is 12.7. The molecule has 0 fully saturated rings. The third-order valence-electron chi connectivity index (χ3n) is 4.08. The Morgan fingerprint density at radius 3 is 2.65 bits per heavy atom. The van der Waals surface area contributed by atoms with Crippen LogP contribution in [0.1, 0.15) is 34.0 Å². The van der Waals surface area contributed by atoms with Crippen LogP contribution < -0.4 is 5.56 Å². The molecular formula is C14H16F3N5O. The second-order valence-corrected chi connectivity index (χ2v) is 5.71. The van der Waals surface area contributed by atoms with E-state index in [0.29, 0.717) is 25.1 Å². The van der Waals surface area contributed by atoms with Gasteiger partial charge in [-0.2, -0.15) is 18.3 Å². The molecule has 0 atom stereocenters. The van der Waals surface area contributed by atoms with E-state index in [1.54, 1.807) is 0 Å². The Kier molecular flexibility index (Phi) is 3.75. The zero-order valence-electron chi connectivity index (χ0n) is 12.7. The van der Waals surface area contributed by atoms with E-state index in [4.69, 9.17) is 0 Å². The summed E-state index contributed by atoms with van der Waals surface area (Å²) in [5.41, 5.74) is 2.71. The molecule has 9 heteroatoms. The third kappa shape index (κ3) is 3.00. The lowest BCUT2D eigenvalue weighted by Crippen LogP contribution is -2.36. The number of alkyl halides is 3. The van der Waals surface area contributed by atoms with Crippen molar-refractivity contribution < 1.29 is 13.2 Å². The number of fused-ring (bicyclic) bond motifs is 1. The number of H-pyrrole nitrogens is 2. The molecule has 3 heterocycles. The molecule has 0 radical (unpaired) electrons. The minimum atomic E-state index is -4.64. The summed E-state index contributed by atoms with van der Waals surface area (Å²) in [6, 6.07) is 0. The molecule has 0 aromatic carbocycles. The predicted octanol–water partition coefficient (Wildman–Crippen LogP) is 1.69. The van der Waals surface area contributed by atoms with Gasteiger partial charge in [0.25, 0.3) is 5.56 Å². The summed E-state index contributed by atoms with van der Waals surface area (Å²) in [5, 5.41) is 7.02. The second kappa shape index (κ2) is 5.48. The number of halogens is 3. The number of aryl methyl sites for hydroxylation is 2. The van der Waals surface area contributed by atoms with Crippen molar-refractivity contribution in [3.05, 3.63) is 44.4 Å². The summed E-state index contributed by atoms with van der Waals surface area (Å²) in [4.78, 5) is 19.4. The van der Waals surface area contributed by atoms with Crippen LogP contribution in [0.5, 0.6) is 0 Å². The molecule has 1 aliphatic heterocycles. The Morgan fingerprint density at radius 2 is 2.04 bits per heavy atom. The average molecular weight is 327 g/mol. The number of rotatable bonds is 2. The van der Waals surface area contributed by atoms with Gasteiger partial charge >= 0.3 is 6.18 Å². The number of hydrogen-bond acceptors (Lipinski definition) is 4. The minimum Gasteiger partial charge on any atom is -0.303 e. The van der Waals surface area contributed by atoms with E-state index < -0.39 is 17.6 Å². The maximum absolute atomic E-state index is 12.7. The van der Waals surface area contributed by atoms with Gasteiger partial charge in [-0.05, 0) is 13.8 Å². The van der Waals surface area contributed by atoms with E-state index in [9.17, 15) is 18.0 Å². The number of aromatic amines is 2. The summed E-state index contributed by atoms with van der Waals surface area (Å²) in [6.07, 6.45) is -4.32. The fraction of sp³-hybridized carbons (Fsp3) is 0.500. The summed E-state index contributed by atoms with van der Waals surface area (Å²) in [6.45, 7) is 5.22. The molecule has 23 heavy (non-hydrogen) atoms. The molecule has 124 valence electrons. The Morgan fingerprint density at radius 1 is 1.30 bits per heavy atom. The highest BCUT2D eigenvalue weighted by Gasteiger charge is 2.36. The van der Waals surface area contributed by atoms with Crippen molar-refractivity contribution in [2.45, 2.75) is 39.5 Å². The monoisotopic (exact) mass is 327 g/mol. The van der Waals surface area contributed by atoms with Crippen molar-refractivity contribution >= 4 is 0 Å². The van der Waals surface area contributed by atoms with E-state index in [2.05, 4.69) is 15.2 Å². The van der Waals surface area contributed by atoms with Crippen molar-refractivity contribution in [3.8, 4) is 0 Å². The van der Waals surface area contributed by atoms with E-state index in [1.165, 1.54) is 0 Å². The van der Waals surface area contributed by atoms with Gasteiger partial charge in [-0.3, -0.25) is 14.8 Å². The van der Waals surface area contributed by atoms with Crippen molar-refractivity contribution in [2.24, 2.45) is 0 Å². The Hall–Kier alpha value is -2.16. The summed E-state index contributed by atoms with van der Waals surface area (Å²) in [7, 11) is 0. The lowest BCUT2D eigenvalue weighted by Gasteiger charge is -2.27. The fourth-order valence-corrected chi connectivity index (χ4v) is 2.78. The molecule has 0 saturated carbocycles. The van der Waals surface area contributed by atoms with E-state index >= 15 is 0 Å². The standard InChI is InChI=1S/C14H16F3N5O/c1-7-9(8(2)21-20-7)5-22-4-3-11-10(6-22)12(23)19-13(18-11)14(15,16)17/h3-6H2,1-2H3,(H,20,21)(H,18,19,23). The molecular weight excluding hydrogens is 311 g/mol. The molecule has 3 rings (SSSR count). The lowest BCUT2D eigenvalue weighted by atomic mass is 10.1. The zero-order chi connectivity index (χ0) is 16.8. The fourth-order valence-electron chi connectivity index (χ4n) is 2.78. The first-order valence-electron chi connectivity index (χ1n) is 7.17. The molecule has 0 unspecified atom stereocenters. The maximum atomic E-state index is 12.7. The second-order valence-electron chi connectivity index (χ2n) is 5.71. The normalized spacial score (nSPS) is 15.7. The van der Waals surface area contributed by atoms with Crippen LogP contribution in [0.4, 0.5) is 13.2 Å². The first-order valence-corrected chi connectivity index (χ1v) is 7.17. The van der Waals surface area contributed by atoms with Gasteiger partial charge in [0, 0.05) is 37.3 Å². The minimum absolute atomic E-state index is 0.234. The molecule has 1 aliphatic rings. The smallest absolute Gasteiger partial charge is 0.303 e. The average Bonchev–Trinajstić information content (AvgIpc) is 2.78. The number of nitrogens with zero attached hydrogens (tertiary/aromatic N) is 3. The molecule has 2 aromatic heterocycles. The molecule has 0 spiro atoms. The number of aromatic nitrogens is 4. The molecule has 2 aromatic rings. The molecule has 0 amide bonds. The summed E-state index contributed by atoms with van der Waals surface area (Å²) >= 11 is 0. The first-order chi connectivity index (χ1) is 10.8. The molecule has 0 aliphatic carbocycles. The van der Waals surface area contributed by atoms with Gasteiger partial charge in [0.1, 0.15) is 0 Å². The van der Waals surface area contributed by atoms with Gasteiger partial charge in [-0.25, -0.2) is 4.98 Å². The van der Waals surface area contributed by atoms with Gasteiger partial charge in [0.15, 0.2) is 0 Å². The molecule has 2 N–H and O–H groups in total. The van der Waals surface area contributed by atoms with E-state index in [0.717, 1.165) is 17.0 Å². The highest BCUT2D eigenvalue weighted by atomic mass is 19.4.